The van der Waals surface area contributed by atoms with Gasteiger partial charge < -0.3 is 15.0 Å². The Kier molecular flexibility index (Phi) is 6.13. The lowest BCUT2D eigenvalue weighted by Crippen LogP contribution is -2.69. The van der Waals surface area contributed by atoms with Gasteiger partial charge >= 0.3 is 6.61 Å². The molecule has 1 saturated heterocycles. The zero-order chi connectivity index (χ0) is 24.1. The average Bonchev–Trinajstić information content (AvgIpc) is 3.16. The van der Waals surface area contributed by atoms with Crippen molar-refractivity contribution in [2.45, 2.75) is 86.9 Å². The van der Waals surface area contributed by atoms with Crippen molar-refractivity contribution in [1.29, 1.82) is 0 Å². The lowest BCUT2D eigenvalue weighted by atomic mass is 9.50. The van der Waals surface area contributed by atoms with Gasteiger partial charge in [-0.2, -0.15) is 8.78 Å². The molecule has 7 nitrogen and oxygen atoms in total. The number of likely N-dealkylation sites (tertiary alicyclic amines) is 1. The van der Waals surface area contributed by atoms with Gasteiger partial charge in [0.05, 0.1) is 11.4 Å². The van der Waals surface area contributed by atoms with Crippen LogP contribution >= 0.6 is 0 Å². The van der Waals surface area contributed by atoms with Crippen LogP contribution in [-0.2, 0) is 14.8 Å². The molecule has 4 saturated carbocycles. The first-order valence-corrected chi connectivity index (χ1v) is 13.7. The third-order valence-electron chi connectivity index (χ3n) is 8.26. The van der Waals surface area contributed by atoms with Gasteiger partial charge in [0.2, 0.25) is 15.9 Å². The number of carbonyl (C=O) groups is 1. The van der Waals surface area contributed by atoms with Crippen molar-refractivity contribution in [3.63, 3.8) is 0 Å². The number of ether oxygens (including phenoxy) is 1. The van der Waals surface area contributed by atoms with Gasteiger partial charge in [-0.1, -0.05) is 0 Å². The zero-order valence-corrected chi connectivity index (χ0v) is 20.3. The molecule has 3 atom stereocenters. The SMILES string of the molecule is CC1CCCN1C(=O)CNC12CC3CC(C1)CC(NS(=O)(=O)c1ccc(OC(F)F)cc1)(C3)C2. The first-order chi connectivity index (χ1) is 16.1. The first kappa shape index (κ1) is 23.9. The van der Waals surface area contributed by atoms with E-state index in [0.717, 1.165) is 51.5 Å². The van der Waals surface area contributed by atoms with E-state index in [1.54, 1.807) is 0 Å². The van der Waals surface area contributed by atoms with Gasteiger partial charge in [0.25, 0.3) is 0 Å². The highest BCUT2D eigenvalue weighted by atomic mass is 32.2. The van der Waals surface area contributed by atoms with Gasteiger partial charge in [0.15, 0.2) is 0 Å². The average molecular weight is 498 g/mol. The molecule has 188 valence electrons. The summed E-state index contributed by atoms with van der Waals surface area (Å²) in [7, 11) is -3.84. The first-order valence-electron chi connectivity index (χ1n) is 12.2. The van der Waals surface area contributed by atoms with Gasteiger partial charge in [-0.25, -0.2) is 13.1 Å². The summed E-state index contributed by atoms with van der Waals surface area (Å²) in [5, 5.41) is 3.59. The quantitative estimate of drug-likeness (QED) is 0.576. The van der Waals surface area contributed by atoms with E-state index < -0.39 is 22.2 Å². The number of carbonyl (C=O) groups excluding carboxylic acids is 1. The summed E-state index contributed by atoms with van der Waals surface area (Å²) in [5.74, 6) is 0.878. The van der Waals surface area contributed by atoms with E-state index in [2.05, 4.69) is 21.7 Å². The van der Waals surface area contributed by atoms with Crippen LogP contribution in [0.15, 0.2) is 29.2 Å². The predicted octanol–water partition coefficient (Wildman–Crippen LogP) is 3.26. The molecule has 0 radical (unpaired) electrons. The Balaban J connectivity index is 1.30. The van der Waals surface area contributed by atoms with E-state index in [4.69, 9.17) is 0 Å². The summed E-state index contributed by atoms with van der Waals surface area (Å²) in [6.07, 6.45) is 7.35. The number of rotatable bonds is 8. The molecule has 4 bridgehead atoms. The van der Waals surface area contributed by atoms with Crippen molar-refractivity contribution in [3.8, 4) is 5.75 Å². The van der Waals surface area contributed by atoms with Crippen molar-refractivity contribution in [2.75, 3.05) is 13.1 Å². The highest BCUT2D eigenvalue weighted by molar-refractivity contribution is 7.89. The zero-order valence-electron chi connectivity index (χ0n) is 19.4. The van der Waals surface area contributed by atoms with Crippen molar-refractivity contribution in [1.82, 2.24) is 14.9 Å². The van der Waals surface area contributed by atoms with Crippen molar-refractivity contribution < 1.29 is 26.7 Å². The largest absolute Gasteiger partial charge is 0.435 e. The van der Waals surface area contributed by atoms with E-state index in [1.807, 2.05) is 4.90 Å². The molecule has 3 unspecified atom stereocenters. The molecule has 1 aromatic rings. The minimum absolute atomic E-state index is 0.0325. The van der Waals surface area contributed by atoms with Gasteiger partial charge in [0, 0.05) is 23.7 Å². The molecule has 10 heteroatoms. The standard InChI is InChI=1S/C24H33F2N3O4S/c1-16-3-2-8-29(16)21(30)14-27-23-10-17-9-18(11-23)13-24(12-17,15-23)28-34(31,32)20-6-4-19(5-7-20)33-22(25)26/h4-7,16-18,22,27-28H,2-3,8-15H2,1H3. The molecular formula is C24H33F2N3O4S. The van der Waals surface area contributed by atoms with Crippen LogP contribution < -0.4 is 14.8 Å². The van der Waals surface area contributed by atoms with Crippen LogP contribution in [0.4, 0.5) is 8.78 Å². The molecule has 0 spiro atoms. The Morgan fingerprint density at radius 1 is 1.15 bits per heavy atom. The maximum absolute atomic E-state index is 13.2. The van der Waals surface area contributed by atoms with E-state index in [0.29, 0.717) is 18.3 Å². The second-order valence-electron chi connectivity index (χ2n) is 10.9. The maximum Gasteiger partial charge on any atom is 0.387 e. The van der Waals surface area contributed by atoms with Crippen LogP contribution in [0.5, 0.6) is 5.75 Å². The number of hydrogen-bond donors (Lipinski definition) is 2. The van der Waals surface area contributed by atoms with Gasteiger partial charge in [-0.05, 0) is 94.4 Å². The molecule has 1 amide bonds. The Morgan fingerprint density at radius 2 is 1.79 bits per heavy atom. The fourth-order valence-corrected chi connectivity index (χ4v) is 8.82. The third kappa shape index (κ3) is 4.68. The number of hydrogen-bond acceptors (Lipinski definition) is 5. The molecule has 2 N–H and O–H groups in total. The van der Waals surface area contributed by atoms with Crippen LogP contribution in [0, 0.1) is 11.8 Å². The van der Waals surface area contributed by atoms with E-state index in [-0.39, 0.29) is 34.7 Å². The Labute approximate surface area is 199 Å². The molecule has 0 aromatic heterocycles. The van der Waals surface area contributed by atoms with Gasteiger partial charge in [0.1, 0.15) is 5.75 Å². The molecule has 1 aliphatic heterocycles. The fraction of sp³-hybridized carbons (Fsp3) is 0.708. The molecule has 1 heterocycles. The Bertz CT molecular complexity index is 1020. The van der Waals surface area contributed by atoms with Crippen LogP contribution in [0.1, 0.15) is 58.3 Å². The third-order valence-corrected chi connectivity index (χ3v) is 9.85. The van der Waals surface area contributed by atoms with Crippen molar-refractivity contribution in [3.05, 3.63) is 24.3 Å². The van der Waals surface area contributed by atoms with Crippen LogP contribution in [0.2, 0.25) is 0 Å². The Morgan fingerprint density at radius 3 is 2.38 bits per heavy atom. The number of sulfonamides is 1. The van der Waals surface area contributed by atoms with Gasteiger partial charge in [-0.15, -0.1) is 0 Å². The van der Waals surface area contributed by atoms with Crippen molar-refractivity contribution >= 4 is 15.9 Å². The second-order valence-corrected chi connectivity index (χ2v) is 12.6. The number of nitrogens with one attached hydrogen (secondary N) is 2. The number of amides is 1. The molecule has 6 rings (SSSR count). The highest BCUT2D eigenvalue weighted by Crippen LogP contribution is 2.57. The fourth-order valence-electron chi connectivity index (χ4n) is 7.40. The lowest BCUT2D eigenvalue weighted by Gasteiger charge is -2.62. The van der Waals surface area contributed by atoms with Gasteiger partial charge in [-0.3, -0.25) is 4.79 Å². The summed E-state index contributed by atoms with van der Waals surface area (Å²) in [4.78, 5) is 14.8. The predicted molar refractivity (Wildman–Crippen MR) is 122 cm³/mol. The minimum atomic E-state index is -3.84. The number of nitrogens with zero attached hydrogens (tertiary/aromatic N) is 1. The molecule has 5 fully saturated rings. The number of benzene rings is 1. The normalized spacial score (nSPS) is 34.7. The minimum Gasteiger partial charge on any atom is -0.435 e. The summed E-state index contributed by atoms with van der Waals surface area (Å²) in [6.45, 7) is 0.228. The van der Waals surface area contributed by atoms with Crippen LogP contribution in [-0.4, -0.2) is 56.0 Å². The summed E-state index contributed by atoms with van der Waals surface area (Å²) in [6, 6.07) is 5.36. The molecule has 4 aliphatic carbocycles. The highest BCUT2D eigenvalue weighted by Gasteiger charge is 2.58. The van der Waals surface area contributed by atoms with E-state index in [1.165, 1.54) is 24.3 Å². The number of alkyl halides is 2. The maximum atomic E-state index is 13.2. The lowest BCUT2D eigenvalue weighted by molar-refractivity contribution is -0.132. The summed E-state index contributed by atoms with van der Waals surface area (Å²) < 4.78 is 58.7. The Hall–Kier alpha value is -1.78. The second kappa shape index (κ2) is 8.71. The smallest absolute Gasteiger partial charge is 0.387 e. The number of halogens is 2. The monoisotopic (exact) mass is 497 g/mol. The van der Waals surface area contributed by atoms with E-state index in [9.17, 15) is 22.0 Å². The summed E-state index contributed by atoms with van der Waals surface area (Å²) in [5.41, 5.74) is -0.793. The van der Waals surface area contributed by atoms with E-state index >= 15 is 0 Å². The molecule has 1 aromatic carbocycles. The van der Waals surface area contributed by atoms with Crippen LogP contribution in [0.3, 0.4) is 0 Å². The topological polar surface area (TPSA) is 87.7 Å². The molecule has 34 heavy (non-hydrogen) atoms. The molecule has 5 aliphatic rings. The molecular weight excluding hydrogens is 464 g/mol. The van der Waals surface area contributed by atoms with Crippen molar-refractivity contribution in [2.24, 2.45) is 11.8 Å². The summed E-state index contributed by atoms with van der Waals surface area (Å²) >= 11 is 0. The van der Waals surface area contributed by atoms with Crippen LogP contribution in [0.25, 0.3) is 0 Å².